The maximum Gasteiger partial charge on any atom is 0.410 e. The van der Waals surface area contributed by atoms with Gasteiger partial charge in [-0.1, -0.05) is 0 Å². The summed E-state index contributed by atoms with van der Waals surface area (Å²) in [5.41, 5.74) is -0.448. The number of nitrogens with zero attached hydrogens (tertiary/aromatic N) is 2. The van der Waals surface area contributed by atoms with E-state index in [1.54, 1.807) is 12.4 Å². The Morgan fingerprint density at radius 3 is 2.95 bits per heavy atom. The number of aromatic nitrogens is 1. The lowest BCUT2D eigenvalue weighted by Crippen LogP contribution is -2.40. The average molecular weight is 292 g/mol. The first-order chi connectivity index (χ1) is 9.96. The highest BCUT2D eigenvalue weighted by Crippen LogP contribution is 2.23. The molecule has 2 rings (SSSR count). The van der Waals surface area contributed by atoms with Gasteiger partial charge in [0, 0.05) is 25.2 Å². The van der Waals surface area contributed by atoms with Crippen LogP contribution in [0, 0.1) is 0 Å². The maximum absolute atomic E-state index is 12.2. The van der Waals surface area contributed by atoms with Crippen molar-refractivity contribution in [2.24, 2.45) is 0 Å². The molecule has 1 fully saturated rings. The van der Waals surface area contributed by atoms with E-state index in [1.807, 2.05) is 37.8 Å². The van der Waals surface area contributed by atoms with Gasteiger partial charge in [-0.3, -0.25) is 4.98 Å². The summed E-state index contributed by atoms with van der Waals surface area (Å²) in [6.45, 7) is 7.02. The van der Waals surface area contributed by atoms with Crippen molar-refractivity contribution in [2.45, 2.75) is 51.7 Å². The number of carbonyl (C=O) groups excluding carboxylic acids is 1. The molecule has 116 valence electrons. The second-order valence-corrected chi connectivity index (χ2v) is 6.30. The third kappa shape index (κ3) is 4.92. The van der Waals surface area contributed by atoms with Crippen molar-refractivity contribution in [3.63, 3.8) is 0 Å². The van der Waals surface area contributed by atoms with Gasteiger partial charge in [0.1, 0.15) is 11.4 Å². The highest BCUT2D eigenvalue weighted by Gasteiger charge is 2.31. The quantitative estimate of drug-likeness (QED) is 0.854. The van der Waals surface area contributed by atoms with Crippen LogP contribution in [-0.2, 0) is 4.74 Å². The van der Waals surface area contributed by atoms with E-state index < -0.39 is 5.60 Å². The standard InChI is InChI=1S/C16H24N2O3/c1-16(2,3)21-15(19)18-10-5-6-13(18)8-11-20-14-7-4-9-17-12-14/h4,7,9,12-13H,5-6,8,10-11H2,1-3H3/t13-/m0/s1. The van der Waals surface area contributed by atoms with Crippen LogP contribution in [0.4, 0.5) is 4.79 Å². The van der Waals surface area contributed by atoms with E-state index in [-0.39, 0.29) is 12.1 Å². The lowest BCUT2D eigenvalue weighted by atomic mass is 10.1. The van der Waals surface area contributed by atoms with Gasteiger partial charge in [-0.2, -0.15) is 0 Å². The summed E-state index contributed by atoms with van der Waals surface area (Å²) in [5.74, 6) is 0.763. The third-order valence-electron chi connectivity index (χ3n) is 3.36. The maximum atomic E-state index is 12.2. The molecule has 0 unspecified atom stereocenters. The van der Waals surface area contributed by atoms with Crippen molar-refractivity contribution in [3.8, 4) is 5.75 Å². The Hall–Kier alpha value is -1.78. The zero-order valence-electron chi connectivity index (χ0n) is 13.0. The van der Waals surface area contributed by atoms with E-state index in [9.17, 15) is 4.79 Å². The number of rotatable bonds is 4. The van der Waals surface area contributed by atoms with Crippen molar-refractivity contribution in [1.82, 2.24) is 9.88 Å². The molecule has 2 heterocycles. The van der Waals surface area contributed by atoms with Gasteiger partial charge in [-0.25, -0.2) is 4.79 Å². The monoisotopic (exact) mass is 292 g/mol. The molecule has 21 heavy (non-hydrogen) atoms. The number of hydrogen-bond acceptors (Lipinski definition) is 4. The number of carbonyl (C=O) groups is 1. The topological polar surface area (TPSA) is 51.7 Å². The second-order valence-electron chi connectivity index (χ2n) is 6.30. The van der Waals surface area contributed by atoms with Gasteiger partial charge in [0.15, 0.2) is 0 Å². The molecular weight excluding hydrogens is 268 g/mol. The van der Waals surface area contributed by atoms with Crippen molar-refractivity contribution in [1.29, 1.82) is 0 Å². The summed E-state index contributed by atoms with van der Waals surface area (Å²) >= 11 is 0. The van der Waals surface area contributed by atoms with Gasteiger partial charge in [-0.15, -0.1) is 0 Å². The smallest absolute Gasteiger partial charge is 0.410 e. The van der Waals surface area contributed by atoms with Gasteiger partial charge in [-0.05, 0) is 45.7 Å². The third-order valence-corrected chi connectivity index (χ3v) is 3.36. The summed E-state index contributed by atoms with van der Waals surface area (Å²) in [6, 6.07) is 3.93. The van der Waals surface area contributed by atoms with Crippen molar-refractivity contribution < 1.29 is 14.3 Å². The molecule has 0 bridgehead atoms. The number of hydrogen-bond donors (Lipinski definition) is 0. The van der Waals surface area contributed by atoms with Gasteiger partial charge in [0.25, 0.3) is 0 Å². The normalized spacial score (nSPS) is 18.6. The summed E-state index contributed by atoms with van der Waals surface area (Å²) in [6.07, 6.45) is 6.04. The summed E-state index contributed by atoms with van der Waals surface area (Å²) in [4.78, 5) is 18.0. The molecule has 0 aromatic carbocycles. The minimum Gasteiger partial charge on any atom is -0.492 e. The first-order valence-corrected chi connectivity index (χ1v) is 7.48. The predicted molar refractivity (Wildman–Crippen MR) is 80.3 cm³/mol. The highest BCUT2D eigenvalue weighted by atomic mass is 16.6. The lowest BCUT2D eigenvalue weighted by molar-refractivity contribution is 0.0211. The Balaban J connectivity index is 1.80. The van der Waals surface area contributed by atoms with Gasteiger partial charge >= 0.3 is 6.09 Å². The van der Waals surface area contributed by atoms with E-state index in [0.717, 1.165) is 31.6 Å². The van der Waals surface area contributed by atoms with Crippen LogP contribution in [0.3, 0.4) is 0 Å². The summed E-state index contributed by atoms with van der Waals surface area (Å²) in [7, 11) is 0. The fourth-order valence-corrected chi connectivity index (χ4v) is 2.44. The predicted octanol–water partition coefficient (Wildman–Crippen LogP) is 3.25. The van der Waals surface area contributed by atoms with E-state index in [0.29, 0.717) is 6.61 Å². The molecule has 0 N–H and O–H groups in total. The Labute approximate surface area is 126 Å². The lowest BCUT2D eigenvalue weighted by Gasteiger charge is -2.28. The Kier molecular flexibility index (Phi) is 5.04. The minimum absolute atomic E-state index is 0.205. The number of ether oxygens (including phenoxy) is 2. The molecule has 1 amide bonds. The molecule has 0 aliphatic carbocycles. The first kappa shape index (κ1) is 15.6. The zero-order valence-corrected chi connectivity index (χ0v) is 13.0. The molecule has 1 aromatic heterocycles. The first-order valence-electron chi connectivity index (χ1n) is 7.48. The van der Waals surface area contributed by atoms with Crippen molar-refractivity contribution in [2.75, 3.05) is 13.2 Å². The van der Waals surface area contributed by atoms with E-state index >= 15 is 0 Å². The molecule has 1 atom stereocenters. The second kappa shape index (κ2) is 6.78. The van der Waals surface area contributed by atoms with Crippen molar-refractivity contribution in [3.05, 3.63) is 24.5 Å². The Morgan fingerprint density at radius 2 is 2.29 bits per heavy atom. The largest absolute Gasteiger partial charge is 0.492 e. The molecule has 5 heteroatoms. The Morgan fingerprint density at radius 1 is 1.48 bits per heavy atom. The SMILES string of the molecule is CC(C)(C)OC(=O)N1CCC[C@H]1CCOc1cccnc1. The molecule has 0 radical (unpaired) electrons. The van der Waals surface area contributed by atoms with Crippen LogP contribution >= 0.6 is 0 Å². The van der Waals surface area contributed by atoms with Gasteiger partial charge in [0.05, 0.1) is 12.8 Å². The van der Waals surface area contributed by atoms with Crippen LogP contribution in [0.2, 0.25) is 0 Å². The number of amides is 1. The fourth-order valence-electron chi connectivity index (χ4n) is 2.44. The average Bonchev–Trinajstić information content (AvgIpc) is 2.86. The molecule has 1 aromatic rings. The van der Waals surface area contributed by atoms with Crippen LogP contribution in [0.25, 0.3) is 0 Å². The summed E-state index contributed by atoms with van der Waals surface area (Å²) < 4.78 is 11.1. The molecule has 5 nitrogen and oxygen atoms in total. The highest BCUT2D eigenvalue weighted by molar-refractivity contribution is 5.68. The van der Waals surface area contributed by atoms with Crippen molar-refractivity contribution >= 4 is 6.09 Å². The summed E-state index contributed by atoms with van der Waals surface area (Å²) in [5, 5.41) is 0. The number of pyridine rings is 1. The van der Waals surface area contributed by atoms with Crippen LogP contribution in [0.5, 0.6) is 5.75 Å². The molecule has 1 saturated heterocycles. The van der Waals surface area contributed by atoms with Gasteiger partial charge < -0.3 is 14.4 Å². The fraction of sp³-hybridized carbons (Fsp3) is 0.625. The minimum atomic E-state index is -0.448. The van der Waals surface area contributed by atoms with Crippen LogP contribution in [0.15, 0.2) is 24.5 Å². The van der Waals surface area contributed by atoms with E-state index in [1.165, 1.54) is 0 Å². The molecule has 0 saturated carbocycles. The molecule has 1 aliphatic heterocycles. The molecular formula is C16H24N2O3. The zero-order chi connectivity index (χ0) is 15.3. The Bertz CT molecular complexity index is 456. The number of likely N-dealkylation sites (tertiary alicyclic amines) is 1. The van der Waals surface area contributed by atoms with E-state index in [2.05, 4.69) is 4.98 Å². The van der Waals surface area contributed by atoms with Crippen LogP contribution in [-0.4, -0.2) is 40.8 Å². The van der Waals surface area contributed by atoms with Crippen LogP contribution < -0.4 is 4.74 Å². The van der Waals surface area contributed by atoms with Crippen LogP contribution in [0.1, 0.15) is 40.0 Å². The van der Waals surface area contributed by atoms with Gasteiger partial charge in [0.2, 0.25) is 0 Å². The molecule has 0 spiro atoms. The molecule has 1 aliphatic rings. The van der Waals surface area contributed by atoms with E-state index in [4.69, 9.17) is 9.47 Å².